The van der Waals surface area contributed by atoms with Crippen molar-refractivity contribution in [3.05, 3.63) is 46.0 Å². The summed E-state index contributed by atoms with van der Waals surface area (Å²) in [6.45, 7) is -0.567. The maximum Gasteiger partial charge on any atom is 0.250 e. The number of nitrogens with zero attached hydrogens (tertiary/aromatic N) is 1. The highest BCUT2D eigenvalue weighted by Crippen LogP contribution is 2.42. The Labute approximate surface area is 98.9 Å². The van der Waals surface area contributed by atoms with E-state index >= 15 is 0 Å². The third kappa shape index (κ3) is 2.03. The molecule has 1 aromatic rings. The minimum Gasteiger partial charge on any atom is -0.393 e. The molecule has 0 spiro atoms. The summed E-state index contributed by atoms with van der Waals surface area (Å²) in [5.41, 5.74) is -0.747. The lowest BCUT2D eigenvalue weighted by Gasteiger charge is -2.24. The monoisotopic (exact) mass is 237 g/mol. The largest absolute Gasteiger partial charge is 0.393 e. The highest BCUT2D eigenvalue weighted by molar-refractivity contribution is 5.24. The molecule has 17 heavy (non-hydrogen) atoms. The molecule has 5 heteroatoms. The number of hydrogen-bond donors (Lipinski definition) is 2. The Morgan fingerprint density at radius 2 is 2.06 bits per heavy atom. The van der Waals surface area contributed by atoms with Crippen LogP contribution in [0, 0.1) is 10.1 Å². The number of nitro groups is 1. The van der Waals surface area contributed by atoms with Crippen LogP contribution in [0.25, 0.3) is 0 Å². The summed E-state index contributed by atoms with van der Waals surface area (Å²) in [5, 5.41) is 30.3. The molecule has 3 atom stereocenters. The van der Waals surface area contributed by atoms with E-state index in [0.717, 1.165) is 5.56 Å². The molecule has 0 saturated heterocycles. The molecule has 3 unspecified atom stereocenters. The molecular formula is C12H15NO4. The van der Waals surface area contributed by atoms with Crippen molar-refractivity contribution in [2.45, 2.75) is 30.4 Å². The third-order valence-electron chi connectivity index (χ3n) is 3.55. The van der Waals surface area contributed by atoms with Crippen LogP contribution >= 0.6 is 0 Å². The maximum atomic E-state index is 11.1. The molecule has 1 aliphatic carbocycles. The number of benzene rings is 1. The van der Waals surface area contributed by atoms with E-state index in [1.165, 1.54) is 0 Å². The van der Waals surface area contributed by atoms with Crippen molar-refractivity contribution in [2.24, 2.45) is 0 Å². The number of aliphatic hydroxyl groups excluding tert-OH is 1. The summed E-state index contributed by atoms with van der Waals surface area (Å²) in [6.07, 6.45) is 0.779. The van der Waals surface area contributed by atoms with Crippen LogP contribution in [0.1, 0.15) is 24.3 Å². The first kappa shape index (κ1) is 12.0. The van der Waals surface area contributed by atoms with Crippen LogP contribution in [0.5, 0.6) is 0 Å². The van der Waals surface area contributed by atoms with Gasteiger partial charge in [-0.25, -0.2) is 0 Å². The Kier molecular flexibility index (Phi) is 3.13. The fraction of sp³-hybridized carbons (Fsp3) is 0.500. The van der Waals surface area contributed by atoms with Gasteiger partial charge in [0.15, 0.2) is 5.60 Å². The first-order chi connectivity index (χ1) is 8.08. The van der Waals surface area contributed by atoms with Gasteiger partial charge < -0.3 is 10.2 Å². The predicted octanol–water partition coefficient (Wildman–Crippen LogP) is 0.933. The van der Waals surface area contributed by atoms with Crippen molar-refractivity contribution in [3.63, 3.8) is 0 Å². The number of hydrogen-bond acceptors (Lipinski definition) is 4. The second-order valence-corrected chi connectivity index (χ2v) is 4.55. The lowest BCUT2D eigenvalue weighted by atomic mass is 9.89. The molecule has 0 aliphatic heterocycles. The molecule has 2 rings (SSSR count). The zero-order valence-electron chi connectivity index (χ0n) is 9.32. The zero-order chi connectivity index (χ0) is 12.5. The van der Waals surface area contributed by atoms with Crippen LogP contribution in [0.15, 0.2) is 30.3 Å². The van der Waals surface area contributed by atoms with Crippen LogP contribution in [0.3, 0.4) is 0 Å². The third-order valence-corrected chi connectivity index (χ3v) is 3.55. The van der Waals surface area contributed by atoms with Crippen LogP contribution in [0.4, 0.5) is 0 Å². The summed E-state index contributed by atoms with van der Waals surface area (Å²) in [5.74, 6) is -0.330. The normalized spacial score (nSPS) is 32.6. The van der Waals surface area contributed by atoms with Crippen molar-refractivity contribution >= 4 is 0 Å². The molecule has 2 N–H and O–H groups in total. The van der Waals surface area contributed by atoms with Gasteiger partial charge in [0.1, 0.15) is 0 Å². The lowest BCUT2D eigenvalue weighted by Crippen LogP contribution is -2.47. The molecule has 0 aromatic heterocycles. The van der Waals surface area contributed by atoms with E-state index in [2.05, 4.69) is 0 Å². The van der Waals surface area contributed by atoms with E-state index in [0.29, 0.717) is 6.42 Å². The summed E-state index contributed by atoms with van der Waals surface area (Å²) in [6, 6.07) is 8.01. The number of aliphatic hydroxyl groups is 2. The van der Waals surface area contributed by atoms with Crippen molar-refractivity contribution in [2.75, 3.05) is 6.61 Å². The first-order valence-electron chi connectivity index (χ1n) is 5.60. The molecule has 5 nitrogen and oxygen atoms in total. The summed E-state index contributed by atoms with van der Waals surface area (Å²) in [7, 11) is 0. The molecule has 0 radical (unpaired) electrons. The Hall–Kier alpha value is -1.46. The second kappa shape index (κ2) is 4.43. The summed E-state index contributed by atoms with van der Waals surface area (Å²) < 4.78 is 0. The van der Waals surface area contributed by atoms with Crippen molar-refractivity contribution in [1.29, 1.82) is 0 Å². The Morgan fingerprint density at radius 3 is 2.59 bits per heavy atom. The SMILES string of the molecule is O=[N+]([O-])C1C(c2ccccc2)CCC1(O)CO. The molecular weight excluding hydrogens is 222 g/mol. The van der Waals surface area contributed by atoms with Gasteiger partial charge in [0, 0.05) is 4.92 Å². The molecule has 1 fully saturated rings. The molecule has 1 aliphatic rings. The predicted molar refractivity (Wildman–Crippen MR) is 61.2 cm³/mol. The van der Waals surface area contributed by atoms with Crippen molar-refractivity contribution in [1.82, 2.24) is 0 Å². The Bertz CT molecular complexity index is 408. The van der Waals surface area contributed by atoms with Gasteiger partial charge in [0.2, 0.25) is 6.04 Å². The molecule has 92 valence electrons. The number of rotatable bonds is 3. The second-order valence-electron chi connectivity index (χ2n) is 4.55. The van der Waals surface area contributed by atoms with Gasteiger partial charge in [-0.15, -0.1) is 0 Å². The van der Waals surface area contributed by atoms with E-state index in [-0.39, 0.29) is 12.3 Å². The molecule has 1 aromatic carbocycles. The molecule has 1 saturated carbocycles. The lowest BCUT2D eigenvalue weighted by molar-refractivity contribution is -0.545. The smallest absolute Gasteiger partial charge is 0.250 e. The highest BCUT2D eigenvalue weighted by Gasteiger charge is 2.55. The van der Waals surface area contributed by atoms with Crippen LogP contribution in [-0.2, 0) is 0 Å². The standard InChI is InChI=1S/C12H15NO4/c14-8-12(15)7-6-10(11(12)13(16)17)9-4-2-1-3-5-9/h1-5,10-11,14-15H,6-8H2. The summed E-state index contributed by atoms with van der Waals surface area (Å²) >= 11 is 0. The average Bonchev–Trinajstić information content (AvgIpc) is 2.69. The maximum absolute atomic E-state index is 11.1. The van der Waals surface area contributed by atoms with Gasteiger partial charge in [-0.1, -0.05) is 30.3 Å². The minimum atomic E-state index is -1.59. The Morgan fingerprint density at radius 1 is 1.41 bits per heavy atom. The van der Waals surface area contributed by atoms with Crippen LogP contribution < -0.4 is 0 Å². The van der Waals surface area contributed by atoms with Crippen molar-refractivity contribution in [3.8, 4) is 0 Å². The van der Waals surface area contributed by atoms with Gasteiger partial charge in [0.05, 0.1) is 12.5 Å². The fourth-order valence-electron chi connectivity index (χ4n) is 2.65. The van der Waals surface area contributed by atoms with E-state index in [4.69, 9.17) is 5.11 Å². The Balaban J connectivity index is 2.34. The van der Waals surface area contributed by atoms with Gasteiger partial charge in [-0.05, 0) is 18.4 Å². The topological polar surface area (TPSA) is 83.6 Å². The van der Waals surface area contributed by atoms with Gasteiger partial charge in [0.25, 0.3) is 0 Å². The van der Waals surface area contributed by atoms with E-state index in [1.807, 2.05) is 30.3 Å². The van der Waals surface area contributed by atoms with Crippen LogP contribution in [-0.4, -0.2) is 33.4 Å². The summed E-state index contributed by atoms with van der Waals surface area (Å²) in [4.78, 5) is 10.6. The average molecular weight is 237 g/mol. The first-order valence-corrected chi connectivity index (χ1v) is 5.60. The van der Waals surface area contributed by atoms with Gasteiger partial charge >= 0.3 is 0 Å². The molecule has 0 heterocycles. The van der Waals surface area contributed by atoms with Crippen LogP contribution in [0.2, 0.25) is 0 Å². The highest BCUT2D eigenvalue weighted by atomic mass is 16.6. The van der Waals surface area contributed by atoms with E-state index in [9.17, 15) is 15.2 Å². The van der Waals surface area contributed by atoms with Crippen molar-refractivity contribution < 1.29 is 15.1 Å². The van der Waals surface area contributed by atoms with Gasteiger partial charge in [-0.2, -0.15) is 0 Å². The minimum absolute atomic E-state index is 0.259. The molecule has 0 bridgehead atoms. The zero-order valence-corrected chi connectivity index (χ0v) is 9.32. The molecule has 0 amide bonds. The quantitative estimate of drug-likeness (QED) is 0.605. The van der Waals surface area contributed by atoms with E-state index in [1.54, 1.807) is 0 Å². The fourth-order valence-corrected chi connectivity index (χ4v) is 2.65. The van der Waals surface area contributed by atoms with E-state index < -0.39 is 23.2 Å². The van der Waals surface area contributed by atoms with Gasteiger partial charge in [-0.3, -0.25) is 10.1 Å².